The number of aromatic amines is 1. The van der Waals surface area contributed by atoms with Crippen LogP contribution >= 0.6 is 0 Å². The highest BCUT2D eigenvalue weighted by Gasteiger charge is 2.31. The van der Waals surface area contributed by atoms with Crippen LogP contribution in [0.2, 0.25) is 0 Å². The number of ether oxygens (including phenoxy) is 1. The number of carbonyl (C=O) groups excluding carboxylic acids is 1. The van der Waals surface area contributed by atoms with E-state index < -0.39 is 15.4 Å². The van der Waals surface area contributed by atoms with Crippen molar-refractivity contribution in [3.8, 4) is 17.0 Å². The molecule has 0 saturated carbocycles. The molecule has 0 fully saturated rings. The molecule has 0 aliphatic carbocycles. The third-order valence-electron chi connectivity index (χ3n) is 5.71. The molecule has 0 amide bonds. The van der Waals surface area contributed by atoms with E-state index in [1.165, 1.54) is 4.31 Å². The zero-order chi connectivity index (χ0) is 24.1. The lowest BCUT2D eigenvalue weighted by Crippen LogP contribution is -2.37. The Hall–Kier alpha value is -3.72. The van der Waals surface area contributed by atoms with Crippen molar-refractivity contribution >= 4 is 32.7 Å². The Morgan fingerprint density at radius 3 is 2.62 bits per heavy atom. The Morgan fingerprint density at radius 2 is 1.88 bits per heavy atom. The minimum Gasteiger partial charge on any atom is -0.489 e. The second-order valence-electron chi connectivity index (χ2n) is 9.16. The highest BCUT2D eigenvalue weighted by Crippen LogP contribution is 2.38. The minimum atomic E-state index is -3.77. The van der Waals surface area contributed by atoms with Crippen LogP contribution in [0, 0.1) is 5.41 Å². The third kappa shape index (κ3) is 3.71. The number of fused-ring (bicyclic) bond motifs is 2. The van der Waals surface area contributed by atoms with Crippen LogP contribution in [0.15, 0.2) is 65.8 Å². The van der Waals surface area contributed by atoms with Gasteiger partial charge in [-0.05, 0) is 30.3 Å². The summed E-state index contributed by atoms with van der Waals surface area (Å²) in [6.45, 7) is 6.02. The number of carbonyl (C=O) groups is 1. The maximum atomic E-state index is 13.4. The number of hydrogen-bond acceptors (Lipinski definition) is 6. The summed E-state index contributed by atoms with van der Waals surface area (Å²) in [5.41, 5.74) is 2.55. The van der Waals surface area contributed by atoms with Gasteiger partial charge in [0.05, 0.1) is 34.6 Å². The predicted molar refractivity (Wildman–Crippen MR) is 130 cm³/mol. The van der Waals surface area contributed by atoms with Crippen molar-refractivity contribution in [2.75, 3.05) is 17.5 Å². The second-order valence-corrected chi connectivity index (χ2v) is 11.0. The van der Waals surface area contributed by atoms with E-state index in [4.69, 9.17) is 9.72 Å². The fourth-order valence-electron chi connectivity index (χ4n) is 3.93. The number of H-pyrrole nitrogens is 1. The van der Waals surface area contributed by atoms with Crippen molar-refractivity contribution in [1.29, 1.82) is 0 Å². The van der Waals surface area contributed by atoms with Gasteiger partial charge in [-0.25, -0.2) is 18.4 Å². The summed E-state index contributed by atoms with van der Waals surface area (Å²) >= 11 is 0. The topological polar surface area (TPSA) is 105 Å². The molecule has 0 atom stereocenters. The quantitative estimate of drug-likeness (QED) is 0.437. The summed E-state index contributed by atoms with van der Waals surface area (Å²) in [5.74, 6) is 0.443. The van der Waals surface area contributed by atoms with Crippen LogP contribution in [0.25, 0.3) is 22.4 Å². The molecule has 8 nitrogen and oxygen atoms in total. The molecule has 4 aromatic rings. The number of nitrogens with zero attached hydrogens (tertiary/aromatic N) is 3. The van der Waals surface area contributed by atoms with Gasteiger partial charge in [0.25, 0.3) is 10.0 Å². The molecule has 2 aromatic heterocycles. The fourth-order valence-corrected chi connectivity index (χ4v) is 5.40. The number of hydrogen-bond donors (Lipinski definition) is 1. The maximum Gasteiger partial charge on any atom is 0.264 e. The summed E-state index contributed by atoms with van der Waals surface area (Å²) in [5, 5.41) is 0. The molecular weight excluding hydrogens is 452 g/mol. The van der Waals surface area contributed by atoms with E-state index in [1.54, 1.807) is 54.9 Å². The standard InChI is InChI=1S/C25H24N4O4S/c1-25(2,3)23(30)18-14-26-24-22(18)28-19(15-27-24)16-9-10-21-20(13-16)29(11-12-33-21)34(31,32)17-7-5-4-6-8-17/h4-10,13-15H,11-12H2,1-3H3,(H,26,27). The smallest absolute Gasteiger partial charge is 0.264 e. The first-order valence-electron chi connectivity index (χ1n) is 10.9. The van der Waals surface area contributed by atoms with E-state index in [9.17, 15) is 13.2 Å². The molecular formula is C25H24N4O4S. The molecule has 0 radical (unpaired) electrons. The summed E-state index contributed by atoms with van der Waals surface area (Å²) in [7, 11) is -3.77. The van der Waals surface area contributed by atoms with Gasteiger partial charge in [-0.2, -0.15) is 0 Å². The fraction of sp³-hybridized carbons (Fsp3) is 0.240. The SMILES string of the molecule is CC(C)(C)C(=O)c1c[nH]c2ncc(-c3ccc4c(c3)N(S(=O)(=O)c3ccccc3)CCO4)nc12. The van der Waals surface area contributed by atoms with E-state index in [-0.39, 0.29) is 23.8 Å². The Labute approximate surface area is 197 Å². The second kappa shape index (κ2) is 7.95. The molecule has 2 aromatic carbocycles. The minimum absolute atomic E-state index is 0.0378. The average molecular weight is 477 g/mol. The van der Waals surface area contributed by atoms with Gasteiger partial charge in [-0.1, -0.05) is 39.0 Å². The van der Waals surface area contributed by atoms with E-state index in [0.29, 0.717) is 39.4 Å². The van der Waals surface area contributed by atoms with Gasteiger partial charge in [0, 0.05) is 17.2 Å². The van der Waals surface area contributed by atoms with Crippen LogP contribution in [-0.2, 0) is 10.0 Å². The summed E-state index contributed by atoms with van der Waals surface area (Å²) in [4.78, 5) is 25.3. The lowest BCUT2D eigenvalue weighted by Gasteiger charge is -2.30. The molecule has 1 aliphatic rings. The van der Waals surface area contributed by atoms with Gasteiger partial charge in [-0.3, -0.25) is 9.10 Å². The molecule has 9 heteroatoms. The molecule has 0 unspecified atom stereocenters. The monoisotopic (exact) mass is 476 g/mol. The molecule has 34 heavy (non-hydrogen) atoms. The van der Waals surface area contributed by atoms with Gasteiger partial charge in [0.2, 0.25) is 0 Å². The molecule has 174 valence electrons. The molecule has 1 aliphatic heterocycles. The van der Waals surface area contributed by atoms with E-state index >= 15 is 0 Å². The first-order chi connectivity index (χ1) is 16.2. The molecule has 3 heterocycles. The lowest BCUT2D eigenvalue weighted by molar-refractivity contribution is 0.0860. The van der Waals surface area contributed by atoms with Gasteiger partial charge in [-0.15, -0.1) is 0 Å². The first kappa shape index (κ1) is 22.1. The van der Waals surface area contributed by atoms with Gasteiger partial charge in [0.15, 0.2) is 11.4 Å². The first-order valence-corrected chi connectivity index (χ1v) is 12.3. The van der Waals surface area contributed by atoms with Crippen molar-refractivity contribution < 1.29 is 17.9 Å². The van der Waals surface area contributed by atoms with Crippen LogP contribution in [0.1, 0.15) is 31.1 Å². The number of sulfonamides is 1. The van der Waals surface area contributed by atoms with Crippen LogP contribution in [0.5, 0.6) is 5.75 Å². The number of nitrogens with one attached hydrogen (secondary N) is 1. The van der Waals surface area contributed by atoms with Gasteiger partial charge >= 0.3 is 0 Å². The van der Waals surface area contributed by atoms with Crippen molar-refractivity contribution in [1.82, 2.24) is 15.0 Å². The zero-order valence-corrected chi connectivity index (χ0v) is 19.9. The van der Waals surface area contributed by atoms with Crippen molar-refractivity contribution in [2.24, 2.45) is 5.41 Å². The molecule has 5 rings (SSSR count). The summed E-state index contributed by atoms with van der Waals surface area (Å²) in [6.07, 6.45) is 3.24. The molecule has 0 bridgehead atoms. The zero-order valence-electron chi connectivity index (χ0n) is 19.1. The van der Waals surface area contributed by atoms with E-state index in [1.807, 2.05) is 26.8 Å². The Morgan fingerprint density at radius 1 is 1.12 bits per heavy atom. The van der Waals surface area contributed by atoms with Crippen LogP contribution < -0.4 is 9.04 Å². The molecule has 0 spiro atoms. The van der Waals surface area contributed by atoms with Crippen molar-refractivity contribution in [2.45, 2.75) is 25.7 Å². The molecule has 1 N–H and O–H groups in total. The Bertz CT molecular complexity index is 1510. The number of rotatable bonds is 4. The predicted octanol–water partition coefficient (Wildman–Crippen LogP) is 4.44. The van der Waals surface area contributed by atoms with Crippen LogP contribution in [-0.4, -0.2) is 42.3 Å². The highest BCUT2D eigenvalue weighted by molar-refractivity contribution is 7.92. The lowest BCUT2D eigenvalue weighted by atomic mass is 9.87. The maximum absolute atomic E-state index is 13.4. The average Bonchev–Trinajstić information content (AvgIpc) is 3.26. The Balaban J connectivity index is 1.60. The van der Waals surface area contributed by atoms with Crippen molar-refractivity contribution in [3.63, 3.8) is 0 Å². The van der Waals surface area contributed by atoms with Gasteiger partial charge < -0.3 is 9.72 Å². The number of ketones is 1. The van der Waals surface area contributed by atoms with Crippen molar-refractivity contribution in [3.05, 3.63) is 66.5 Å². The summed E-state index contributed by atoms with van der Waals surface area (Å²) in [6, 6.07) is 13.6. The van der Waals surface area contributed by atoms with Crippen LogP contribution in [0.4, 0.5) is 5.69 Å². The number of benzene rings is 2. The van der Waals surface area contributed by atoms with E-state index in [2.05, 4.69) is 9.97 Å². The number of anilines is 1. The van der Waals surface area contributed by atoms with E-state index in [0.717, 1.165) is 0 Å². The Kier molecular flexibility index (Phi) is 5.16. The molecule has 0 saturated heterocycles. The number of Topliss-reactive ketones (excluding diaryl/α,β-unsaturated/α-hetero) is 1. The van der Waals surface area contributed by atoms with Gasteiger partial charge in [0.1, 0.15) is 17.9 Å². The highest BCUT2D eigenvalue weighted by atomic mass is 32.2. The number of aromatic nitrogens is 3. The normalized spacial score (nSPS) is 14.0. The third-order valence-corrected chi connectivity index (χ3v) is 7.54. The summed E-state index contributed by atoms with van der Waals surface area (Å²) < 4.78 is 33.8. The van der Waals surface area contributed by atoms with Crippen LogP contribution in [0.3, 0.4) is 0 Å². The largest absolute Gasteiger partial charge is 0.489 e.